The zero-order chi connectivity index (χ0) is 21.7. The molecule has 0 aliphatic carbocycles. The van der Waals surface area contributed by atoms with E-state index in [4.69, 9.17) is 5.41 Å². The Labute approximate surface area is 175 Å². The zero-order valence-electron chi connectivity index (χ0n) is 16.6. The van der Waals surface area contributed by atoms with Crippen LogP contribution in [-0.2, 0) is 14.8 Å². The fraction of sp³-hybridized carbons (Fsp3) is 0.190. The number of amides is 1. The highest BCUT2D eigenvalue weighted by Gasteiger charge is 2.15. The van der Waals surface area contributed by atoms with Crippen LogP contribution in [0.2, 0.25) is 0 Å². The van der Waals surface area contributed by atoms with Crippen molar-refractivity contribution in [3.05, 3.63) is 54.6 Å². The minimum absolute atomic E-state index is 0.00195. The number of aromatic nitrogens is 1. The number of fused-ring (bicyclic) bond motifs is 1. The Morgan fingerprint density at radius 1 is 1.13 bits per heavy atom. The molecule has 0 saturated heterocycles. The number of nitrogens with one attached hydrogen (secondary N) is 4. The van der Waals surface area contributed by atoms with Gasteiger partial charge in [0.1, 0.15) is 0 Å². The highest BCUT2D eigenvalue weighted by atomic mass is 32.2. The van der Waals surface area contributed by atoms with Gasteiger partial charge in [0.15, 0.2) is 5.96 Å². The Kier molecular flexibility index (Phi) is 6.31. The van der Waals surface area contributed by atoms with Gasteiger partial charge in [-0.1, -0.05) is 44.2 Å². The van der Waals surface area contributed by atoms with Crippen molar-refractivity contribution in [3.63, 3.8) is 0 Å². The van der Waals surface area contributed by atoms with Gasteiger partial charge in [0.25, 0.3) is 0 Å². The van der Waals surface area contributed by atoms with Crippen LogP contribution in [0.25, 0.3) is 22.2 Å². The van der Waals surface area contributed by atoms with E-state index in [0.29, 0.717) is 34.4 Å². The molecule has 3 rings (SSSR count). The summed E-state index contributed by atoms with van der Waals surface area (Å²) in [6.07, 6.45) is 0.415. The standard InChI is InChI=1S/C21H23N5O3S/c1-14(2)12-30(28,29)26-16-8-9-17-19(10-16)24-18(15-6-4-3-5-7-15)11-20(17)25-21(22)23-13-27/h3-11,13-14,26H,12H2,1-2H3,(H3,22,23,24,25,27). The zero-order valence-corrected chi connectivity index (χ0v) is 17.5. The summed E-state index contributed by atoms with van der Waals surface area (Å²) in [5.41, 5.74) is 3.03. The van der Waals surface area contributed by atoms with Crippen LogP contribution in [0.4, 0.5) is 11.4 Å². The SMILES string of the molecule is CC(C)CS(=O)(=O)Nc1ccc2c(NC(=N)NC=O)cc(-c3ccccc3)nc2c1. The third kappa shape index (κ3) is 5.32. The van der Waals surface area contributed by atoms with Gasteiger partial charge < -0.3 is 5.32 Å². The summed E-state index contributed by atoms with van der Waals surface area (Å²) in [6, 6.07) is 16.3. The summed E-state index contributed by atoms with van der Waals surface area (Å²) in [4.78, 5) is 15.3. The van der Waals surface area contributed by atoms with E-state index in [9.17, 15) is 13.2 Å². The van der Waals surface area contributed by atoms with Gasteiger partial charge in [-0.25, -0.2) is 13.4 Å². The summed E-state index contributed by atoms with van der Waals surface area (Å²) in [5.74, 6) is -0.166. The van der Waals surface area contributed by atoms with Crippen molar-refractivity contribution in [1.82, 2.24) is 10.3 Å². The number of carbonyl (C=O) groups excluding carboxylic acids is 1. The average Bonchev–Trinajstić information content (AvgIpc) is 2.67. The van der Waals surface area contributed by atoms with Crippen LogP contribution < -0.4 is 15.4 Å². The van der Waals surface area contributed by atoms with E-state index in [1.54, 1.807) is 24.3 Å². The average molecular weight is 426 g/mol. The summed E-state index contributed by atoms with van der Waals surface area (Å²) in [6.45, 7) is 3.68. The number of anilines is 2. The number of rotatable bonds is 7. The second-order valence-electron chi connectivity index (χ2n) is 7.19. The predicted octanol–water partition coefficient (Wildman–Crippen LogP) is 3.39. The van der Waals surface area contributed by atoms with E-state index >= 15 is 0 Å². The molecule has 0 spiro atoms. The van der Waals surface area contributed by atoms with Gasteiger partial charge in [0.05, 0.1) is 28.3 Å². The minimum Gasteiger partial charge on any atom is -0.325 e. The molecule has 2 aromatic carbocycles. The second-order valence-corrected chi connectivity index (χ2v) is 8.96. The number of nitrogens with zero attached hydrogens (tertiary/aromatic N) is 1. The first kappa shape index (κ1) is 21.3. The summed E-state index contributed by atoms with van der Waals surface area (Å²) < 4.78 is 27.2. The van der Waals surface area contributed by atoms with E-state index in [1.807, 2.05) is 44.2 Å². The van der Waals surface area contributed by atoms with Crippen molar-refractivity contribution in [3.8, 4) is 11.3 Å². The quantitative estimate of drug-likeness (QED) is 0.262. The molecule has 0 fully saturated rings. The highest BCUT2D eigenvalue weighted by molar-refractivity contribution is 7.92. The van der Waals surface area contributed by atoms with Crippen LogP contribution >= 0.6 is 0 Å². The van der Waals surface area contributed by atoms with Crippen molar-refractivity contribution >= 4 is 44.7 Å². The molecule has 0 unspecified atom stereocenters. The normalized spacial score (nSPS) is 11.3. The molecule has 9 heteroatoms. The lowest BCUT2D eigenvalue weighted by molar-refractivity contribution is -0.108. The van der Waals surface area contributed by atoms with Crippen molar-refractivity contribution in [2.45, 2.75) is 13.8 Å². The number of carbonyl (C=O) groups is 1. The van der Waals surface area contributed by atoms with E-state index in [0.717, 1.165) is 5.56 Å². The molecule has 0 bridgehead atoms. The number of hydrogen-bond acceptors (Lipinski definition) is 5. The van der Waals surface area contributed by atoms with Crippen molar-refractivity contribution < 1.29 is 13.2 Å². The molecule has 0 atom stereocenters. The van der Waals surface area contributed by atoms with Gasteiger partial charge in [-0.3, -0.25) is 20.2 Å². The third-order valence-electron chi connectivity index (χ3n) is 4.17. The van der Waals surface area contributed by atoms with Crippen molar-refractivity contribution in [2.75, 3.05) is 15.8 Å². The predicted molar refractivity (Wildman–Crippen MR) is 120 cm³/mol. The Bertz CT molecular complexity index is 1180. The number of pyridine rings is 1. The van der Waals surface area contributed by atoms with E-state index in [-0.39, 0.29) is 17.6 Å². The number of guanidine groups is 1. The molecule has 1 amide bonds. The van der Waals surface area contributed by atoms with Crippen LogP contribution in [0.5, 0.6) is 0 Å². The molecule has 30 heavy (non-hydrogen) atoms. The molecule has 156 valence electrons. The third-order valence-corrected chi connectivity index (χ3v) is 5.82. The Morgan fingerprint density at radius 3 is 2.53 bits per heavy atom. The molecule has 0 radical (unpaired) electrons. The topological polar surface area (TPSA) is 124 Å². The van der Waals surface area contributed by atoms with E-state index in [1.165, 1.54) is 0 Å². The number of benzene rings is 2. The monoisotopic (exact) mass is 425 g/mol. The van der Waals surface area contributed by atoms with Crippen molar-refractivity contribution in [2.24, 2.45) is 5.92 Å². The fourth-order valence-electron chi connectivity index (χ4n) is 3.04. The minimum atomic E-state index is -3.48. The smallest absolute Gasteiger partial charge is 0.232 e. The molecular weight excluding hydrogens is 402 g/mol. The van der Waals surface area contributed by atoms with Crippen LogP contribution in [0.3, 0.4) is 0 Å². The highest BCUT2D eigenvalue weighted by Crippen LogP contribution is 2.30. The molecule has 0 aliphatic rings. The molecule has 1 heterocycles. The molecule has 8 nitrogen and oxygen atoms in total. The van der Waals surface area contributed by atoms with Crippen LogP contribution in [0.1, 0.15) is 13.8 Å². The van der Waals surface area contributed by atoms with Crippen LogP contribution in [0, 0.1) is 11.3 Å². The van der Waals surface area contributed by atoms with Gasteiger partial charge in [-0.2, -0.15) is 0 Å². The first-order valence-electron chi connectivity index (χ1n) is 9.34. The van der Waals surface area contributed by atoms with E-state index < -0.39 is 10.0 Å². The lowest BCUT2D eigenvalue weighted by Crippen LogP contribution is -2.28. The summed E-state index contributed by atoms with van der Waals surface area (Å²) >= 11 is 0. The first-order chi connectivity index (χ1) is 14.3. The molecule has 0 aliphatic heterocycles. The summed E-state index contributed by atoms with van der Waals surface area (Å²) in [5, 5.41) is 13.6. The molecule has 1 aromatic heterocycles. The maximum Gasteiger partial charge on any atom is 0.232 e. The second kappa shape index (κ2) is 8.91. The maximum atomic E-state index is 12.3. The van der Waals surface area contributed by atoms with Gasteiger partial charge in [-0.15, -0.1) is 0 Å². The van der Waals surface area contributed by atoms with Crippen molar-refractivity contribution in [1.29, 1.82) is 5.41 Å². The van der Waals surface area contributed by atoms with Gasteiger partial charge in [0, 0.05) is 10.9 Å². The molecule has 0 saturated carbocycles. The van der Waals surface area contributed by atoms with Gasteiger partial charge in [0.2, 0.25) is 16.4 Å². The van der Waals surface area contributed by atoms with Gasteiger partial charge in [-0.05, 0) is 30.2 Å². The fourth-order valence-corrected chi connectivity index (χ4v) is 4.49. The van der Waals surface area contributed by atoms with Gasteiger partial charge >= 0.3 is 0 Å². The van der Waals surface area contributed by atoms with Crippen LogP contribution in [0.15, 0.2) is 54.6 Å². The lowest BCUT2D eigenvalue weighted by Gasteiger charge is -2.14. The first-order valence-corrected chi connectivity index (χ1v) is 11.0. The molecule has 3 aromatic rings. The number of sulfonamides is 1. The van der Waals surface area contributed by atoms with E-state index in [2.05, 4.69) is 20.3 Å². The Hall–Kier alpha value is -3.46. The largest absolute Gasteiger partial charge is 0.325 e. The van der Waals surface area contributed by atoms with Crippen LogP contribution in [-0.4, -0.2) is 31.5 Å². The number of hydrogen-bond donors (Lipinski definition) is 4. The Morgan fingerprint density at radius 2 is 1.87 bits per heavy atom. The molecule has 4 N–H and O–H groups in total. The Balaban J connectivity index is 2.08. The summed E-state index contributed by atoms with van der Waals surface area (Å²) in [7, 11) is -3.48. The maximum absolute atomic E-state index is 12.3. The molecular formula is C21H23N5O3S. The lowest BCUT2D eigenvalue weighted by atomic mass is 10.1.